The number of non-ortho nitro benzene ring substituents is 1. The van der Waals surface area contributed by atoms with Crippen molar-refractivity contribution in [1.29, 1.82) is 0 Å². The molecule has 8 nitrogen and oxygen atoms in total. The van der Waals surface area contributed by atoms with Crippen molar-refractivity contribution < 1.29 is 24.3 Å². The van der Waals surface area contributed by atoms with Crippen molar-refractivity contribution in [3.05, 3.63) is 57.6 Å². The van der Waals surface area contributed by atoms with Gasteiger partial charge in [-0.2, -0.15) is 0 Å². The standard InChI is InChI=1S/C17H18N2O6/c1-24-15-6-3-11(9-16(15)25-2)7-8-18-14-5-4-12(19(22)23)10-13(14)17(20)21/h3-6,9-10,18H,7-8H2,1-2H3,(H,20,21). The fourth-order valence-electron chi connectivity index (χ4n) is 2.35. The van der Waals surface area contributed by atoms with Crippen molar-refractivity contribution in [3.8, 4) is 11.5 Å². The molecule has 2 aromatic carbocycles. The van der Waals surface area contributed by atoms with Crippen LogP contribution in [0.1, 0.15) is 15.9 Å². The molecule has 0 fully saturated rings. The molecule has 0 aliphatic rings. The maximum atomic E-state index is 11.3. The number of carboxylic acids is 1. The molecule has 0 heterocycles. The van der Waals surface area contributed by atoms with Gasteiger partial charge in [-0.3, -0.25) is 10.1 Å². The maximum Gasteiger partial charge on any atom is 0.338 e. The normalized spacial score (nSPS) is 10.2. The van der Waals surface area contributed by atoms with Gasteiger partial charge >= 0.3 is 5.97 Å². The van der Waals surface area contributed by atoms with Gasteiger partial charge in [-0.1, -0.05) is 6.07 Å². The Bertz CT molecular complexity index is 791. The molecule has 8 heteroatoms. The van der Waals surface area contributed by atoms with Gasteiger partial charge in [0.25, 0.3) is 5.69 Å². The molecule has 2 rings (SSSR count). The zero-order chi connectivity index (χ0) is 18.4. The summed E-state index contributed by atoms with van der Waals surface area (Å²) < 4.78 is 10.4. The summed E-state index contributed by atoms with van der Waals surface area (Å²) in [6.45, 7) is 0.452. The summed E-state index contributed by atoms with van der Waals surface area (Å²) in [6, 6.07) is 9.23. The molecule has 2 aromatic rings. The number of methoxy groups -OCH3 is 2. The molecule has 0 aliphatic carbocycles. The fourth-order valence-corrected chi connectivity index (χ4v) is 2.35. The molecular formula is C17H18N2O6. The van der Waals surface area contributed by atoms with Crippen LogP contribution in [-0.4, -0.2) is 36.8 Å². The van der Waals surface area contributed by atoms with Crippen LogP contribution in [0, 0.1) is 10.1 Å². The van der Waals surface area contributed by atoms with E-state index in [1.54, 1.807) is 20.3 Å². The summed E-state index contributed by atoms with van der Waals surface area (Å²) >= 11 is 0. The van der Waals surface area contributed by atoms with Crippen LogP contribution in [0.3, 0.4) is 0 Å². The maximum absolute atomic E-state index is 11.3. The molecule has 0 aromatic heterocycles. The number of anilines is 1. The quantitative estimate of drug-likeness (QED) is 0.558. The van der Waals surface area contributed by atoms with Gasteiger partial charge in [0.15, 0.2) is 11.5 Å². The van der Waals surface area contributed by atoms with Crippen LogP contribution < -0.4 is 14.8 Å². The number of aromatic carboxylic acids is 1. The number of hydrogen-bond donors (Lipinski definition) is 2. The molecular weight excluding hydrogens is 328 g/mol. The highest BCUT2D eigenvalue weighted by molar-refractivity contribution is 5.95. The molecule has 0 saturated heterocycles. The van der Waals surface area contributed by atoms with Gasteiger partial charge in [-0.05, 0) is 30.2 Å². The second kappa shape index (κ2) is 8.00. The fraction of sp³-hybridized carbons (Fsp3) is 0.235. The average molecular weight is 346 g/mol. The van der Waals surface area contributed by atoms with Gasteiger partial charge in [0.2, 0.25) is 0 Å². The highest BCUT2D eigenvalue weighted by Gasteiger charge is 2.15. The van der Waals surface area contributed by atoms with Crippen LogP contribution in [0.25, 0.3) is 0 Å². The van der Waals surface area contributed by atoms with Crippen molar-refractivity contribution >= 4 is 17.3 Å². The lowest BCUT2D eigenvalue weighted by atomic mass is 10.1. The summed E-state index contributed by atoms with van der Waals surface area (Å²) in [4.78, 5) is 21.4. The topological polar surface area (TPSA) is 111 Å². The lowest BCUT2D eigenvalue weighted by Gasteiger charge is -2.11. The van der Waals surface area contributed by atoms with Gasteiger partial charge in [0.05, 0.1) is 24.7 Å². The Kier molecular flexibility index (Phi) is 5.78. The number of nitrogens with zero attached hydrogens (tertiary/aromatic N) is 1. The summed E-state index contributed by atoms with van der Waals surface area (Å²) in [5, 5.41) is 23.0. The van der Waals surface area contributed by atoms with E-state index in [0.717, 1.165) is 11.6 Å². The predicted molar refractivity (Wildman–Crippen MR) is 91.8 cm³/mol. The molecule has 0 amide bonds. The minimum atomic E-state index is -1.22. The van der Waals surface area contributed by atoms with Crippen LogP contribution in [0.15, 0.2) is 36.4 Å². The van der Waals surface area contributed by atoms with E-state index in [1.165, 1.54) is 12.1 Å². The number of ether oxygens (including phenoxy) is 2. The number of nitrogens with one attached hydrogen (secondary N) is 1. The van der Waals surface area contributed by atoms with Gasteiger partial charge in [0, 0.05) is 24.4 Å². The number of carboxylic acid groups (broad SMARTS) is 1. The van der Waals surface area contributed by atoms with E-state index in [-0.39, 0.29) is 11.3 Å². The third-order valence-electron chi connectivity index (χ3n) is 3.62. The lowest BCUT2D eigenvalue weighted by molar-refractivity contribution is -0.384. The van der Waals surface area contributed by atoms with Crippen LogP contribution >= 0.6 is 0 Å². The molecule has 0 atom stereocenters. The third-order valence-corrected chi connectivity index (χ3v) is 3.62. The van der Waals surface area contributed by atoms with Crippen molar-refractivity contribution in [2.75, 3.05) is 26.1 Å². The lowest BCUT2D eigenvalue weighted by Crippen LogP contribution is -2.10. The largest absolute Gasteiger partial charge is 0.493 e. The van der Waals surface area contributed by atoms with E-state index < -0.39 is 10.9 Å². The Morgan fingerprint density at radius 2 is 1.88 bits per heavy atom. The van der Waals surface area contributed by atoms with Crippen molar-refractivity contribution in [3.63, 3.8) is 0 Å². The average Bonchev–Trinajstić information content (AvgIpc) is 2.61. The first-order chi connectivity index (χ1) is 12.0. The first kappa shape index (κ1) is 18.1. The number of nitro groups is 1. The Morgan fingerprint density at radius 3 is 2.48 bits per heavy atom. The van der Waals surface area contributed by atoms with E-state index in [1.807, 2.05) is 12.1 Å². The second-order valence-corrected chi connectivity index (χ2v) is 5.16. The molecule has 132 valence electrons. The summed E-state index contributed by atoms with van der Waals surface area (Å²) in [7, 11) is 3.11. The number of benzene rings is 2. The summed E-state index contributed by atoms with van der Waals surface area (Å²) in [5.74, 6) is 0.0154. The zero-order valence-corrected chi connectivity index (χ0v) is 13.8. The molecule has 0 spiro atoms. The minimum absolute atomic E-state index is 0.137. The Hall–Kier alpha value is -3.29. The number of carbonyl (C=O) groups is 1. The molecule has 0 unspecified atom stereocenters. The number of rotatable bonds is 8. The molecule has 0 aliphatic heterocycles. The SMILES string of the molecule is COc1ccc(CCNc2ccc([N+](=O)[O-])cc2C(=O)O)cc1OC. The Labute approximate surface area is 144 Å². The molecule has 0 saturated carbocycles. The summed E-state index contributed by atoms with van der Waals surface area (Å²) in [5.41, 5.74) is 0.909. The zero-order valence-electron chi connectivity index (χ0n) is 13.8. The van der Waals surface area contributed by atoms with Crippen LogP contribution in [-0.2, 0) is 6.42 Å². The van der Waals surface area contributed by atoms with Crippen molar-refractivity contribution in [2.45, 2.75) is 6.42 Å². The van der Waals surface area contributed by atoms with Crippen molar-refractivity contribution in [1.82, 2.24) is 0 Å². The molecule has 2 N–H and O–H groups in total. The number of nitro benzene ring substituents is 1. The van der Waals surface area contributed by atoms with E-state index in [4.69, 9.17) is 9.47 Å². The van der Waals surface area contributed by atoms with Crippen molar-refractivity contribution in [2.24, 2.45) is 0 Å². The smallest absolute Gasteiger partial charge is 0.338 e. The van der Waals surface area contributed by atoms with Gasteiger partial charge in [-0.25, -0.2) is 4.79 Å². The van der Waals surface area contributed by atoms with Crippen LogP contribution in [0.5, 0.6) is 11.5 Å². The monoisotopic (exact) mass is 346 g/mol. The second-order valence-electron chi connectivity index (χ2n) is 5.16. The molecule has 25 heavy (non-hydrogen) atoms. The Morgan fingerprint density at radius 1 is 1.16 bits per heavy atom. The van der Waals surface area contributed by atoms with Crippen LogP contribution in [0.4, 0.5) is 11.4 Å². The predicted octanol–water partition coefficient (Wildman–Crippen LogP) is 2.96. The first-order valence-corrected chi connectivity index (χ1v) is 7.42. The third kappa shape index (κ3) is 4.37. The molecule has 0 radical (unpaired) electrons. The number of hydrogen-bond acceptors (Lipinski definition) is 6. The van der Waals surface area contributed by atoms with Gasteiger partial charge in [-0.15, -0.1) is 0 Å². The van der Waals surface area contributed by atoms with E-state index in [0.29, 0.717) is 30.2 Å². The highest BCUT2D eigenvalue weighted by Crippen LogP contribution is 2.28. The summed E-state index contributed by atoms with van der Waals surface area (Å²) in [6.07, 6.45) is 0.608. The minimum Gasteiger partial charge on any atom is -0.493 e. The van der Waals surface area contributed by atoms with E-state index in [9.17, 15) is 20.0 Å². The van der Waals surface area contributed by atoms with E-state index in [2.05, 4.69) is 5.32 Å². The first-order valence-electron chi connectivity index (χ1n) is 7.42. The van der Waals surface area contributed by atoms with Crippen LogP contribution in [0.2, 0.25) is 0 Å². The molecule has 0 bridgehead atoms. The van der Waals surface area contributed by atoms with Gasteiger partial charge < -0.3 is 19.9 Å². The Balaban J connectivity index is 2.09. The highest BCUT2D eigenvalue weighted by atomic mass is 16.6. The van der Waals surface area contributed by atoms with E-state index >= 15 is 0 Å². The van der Waals surface area contributed by atoms with Gasteiger partial charge in [0.1, 0.15) is 0 Å².